The van der Waals surface area contributed by atoms with Crippen molar-refractivity contribution in [3.8, 4) is 6.07 Å². The summed E-state index contributed by atoms with van der Waals surface area (Å²) in [7, 11) is 0. The van der Waals surface area contributed by atoms with E-state index >= 15 is 0 Å². The van der Waals surface area contributed by atoms with Crippen molar-refractivity contribution in [3.63, 3.8) is 0 Å². The predicted molar refractivity (Wildman–Crippen MR) is 90.6 cm³/mol. The maximum Gasteiger partial charge on any atom is 0.134 e. The Morgan fingerprint density at radius 3 is 1.78 bits per heavy atom. The standard InChI is InChI=1S/C19H17F2NO/c1-12(11-22)7-8-13(2)16(5)18(20)9-14(3)17(6)19(21)10-15(4)23/h7-10,23H,1-6H2/b8-7-,18-9+,19-10+. The second-order valence-corrected chi connectivity index (χ2v) is 4.45. The number of nitrogens with zero attached hydrogens (tertiary/aromatic N) is 1. The summed E-state index contributed by atoms with van der Waals surface area (Å²) in [5.74, 6) is -2.17. The van der Waals surface area contributed by atoms with Crippen molar-refractivity contribution in [2.45, 2.75) is 0 Å². The van der Waals surface area contributed by atoms with Gasteiger partial charge >= 0.3 is 0 Å². The van der Waals surface area contributed by atoms with E-state index in [-0.39, 0.29) is 27.9 Å². The van der Waals surface area contributed by atoms with Crippen LogP contribution in [0.1, 0.15) is 0 Å². The summed E-state index contributed by atoms with van der Waals surface area (Å²) in [6.07, 6.45) is 4.43. The second kappa shape index (κ2) is 8.96. The van der Waals surface area contributed by atoms with Crippen molar-refractivity contribution in [1.82, 2.24) is 0 Å². The SMILES string of the molecule is C=C(C#N)/C=C\C(=C)C(=C)/C(F)=C\C(=C)C(=C)/C(F)=C\C(=C)O. The number of rotatable bonds is 8. The summed E-state index contributed by atoms with van der Waals surface area (Å²) in [4.78, 5) is 0. The first kappa shape index (κ1) is 19.8. The van der Waals surface area contributed by atoms with Crippen LogP contribution in [0, 0.1) is 11.3 Å². The van der Waals surface area contributed by atoms with Crippen LogP contribution < -0.4 is 0 Å². The number of aliphatic hydroxyl groups is 1. The first-order valence-electron chi connectivity index (χ1n) is 6.26. The minimum absolute atomic E-state index is 0.0446. The second-order valence-electron chi connectivity index (χ2n) is 4.45. The molecule has 0 aliphatic heterocycles. The molecule has 0 rings (SSSR count). The van der Waals surface area contributed by atoms with Gasteiger partial charge < -0.3 is 5.11 Å². The molecule has 0 bridgehead atoms. The Kier molecular flexibility index (Phi) is 7.71. The van der Waals surface area contributed by atoms with Crippen LogP contribution in [-0.2, 0) is 0 Å². The van der Waals surface area contributed by atoms with Crippen molar-refractivity contribution in [3.05, 3.63) is 109 Å². The lowest BCUT2D eigenvalue weighted by molar-refractivity contribution is 0.431. The van der Waals surface area contributed by atoms with Gasteiger partial charge in [0, 0.05) is 22.8 Å². The summed E-state index contributed by atoms with van der Waals surface area (Å²) in [5.41, 5.74) is 0.0850. The van der Waals surface area contributed by atoms with Gasteiger partial charge in [-0.15, -0.1) is 0 Å². The maximum atomic E-state index is 14.1. The molecule has 0 aliphatic rings. The van der Waals surface area contributed by atoms with E-state index in [2.05, 4.69) is 39.5 Å². The molecule has 0 saturated carbocycles. The lowest BCUT2D eigenvalue weighted by Gasteiger charge is -2.06. The van der Waals surface area contributed by atoms with Crippen molar-refractivity contribution in [1.29, 1.82) is 5.26 Å². The summed E-state index contributed by atoms with van der Waals surface area (Å²) in [6.45, 7) is 20.6. The fraction of sp³-hybridized carbons (Fsp3) is 0. The molecule has 1 N–H and O–H groups in total. The van der Waals surface area contributed by atoms with Crippen molar-refractivity contribution < 1.29 is 13.9 Å². The molecular weight excluding hydrogens is 296 g/mol. The molecular formula is C19H17F2NO. The van der Waals surface area contributed by atoms with Gasteiger partial charge in [0.25, 0.3) is 0 Å². The molecule has 0 spiro atoms. The highest BCUT2D eigenvalue weighted by Gasteiger charge is 2.09. The third-order valence-corrected chi connectivity index (χ3v) is 2.58. The number of aliphatic hydroxyl groups excluding tert-OH is 1. The molecule has 0 unspecified atom stereocenters. The molecule has 23 heavy (non-hydrogen) atoms. The van der Waals surface area contributed by atoms with E-state index in [1.807, 2.05) is 0 Å². The van der Waals surface area contributed by atoms with Crippen LogP contribution in [0.4, 0.5) is 8.78 Å². The van der Waals surface area contributed by atoms with Crippen LogP contribution in [0.3, 0.4) is 0 Å². The Labute approximate surface area is 135 Å². The number of nitriles is 1. The quantitative estimate of drug-likeness (QED) is 0.359. The molecule has 0 aliphatic carbocycles. The smallest absolute Gasteiger partial charge is 0.134 e. The Bertz CT molecular complexity index is 725. The van der Waals surface area contributed by atoms with Gasteiger partial charge in [-0.3, -0.25) is 0 Å². The number of hydrogen-bond acceptors (Lipinski definition) is 2. The summed E-state index contributed by atoms with van der Waals surface area (Å²) in [5, 5.41) is 17.5. The third-order valence-electron chi connectivity index (χ3n) is 2.58. The van der Waals surface area contributed by atoms with E-state index in [1.165, 1.54) is 12.2 Å². The van der Waals surface area contributed by atoms with Crippen molar-refractivity contribution in [2.24, 2.45) is 0 Å². The zero-order valence-corrected chi connectivity index (χ0v) is 12.7. The van der Waals surface area contributed by atoms with Crippen LogP contribution >= 0.6 is 0 Å². The highest BCUT2D eigenvalue weighted by atomic mass is 19.1. The van der Waals surface area contributed by atoms with Crippen LogP contribution in [0.2, 0.25) is 0 Å². The van der Waals surface area contributed by atoms with E-state index in [4.69, 9.17) is 10.4 Å². The lowest BCUT2D eigenvalue weighted by Crippen LogP contribution is -1.90. The molecule has 118 valence electrons. The average Bonchev–Trinajstić information content (AvgIpc) is 2.49. The van der Waals surface area contributed by atoms with Gasteiger partial charge in [-0.2, -0.15) is 5.26 Å². The maximum absolute atomic E-state index is 14.1. The summed E-state index contributed by atoms with van der Waals surface area (Å²) < 4.78 is 27.7. The highest BCUT2D eigenvalue weighted by Crippen LogP contribution is 2.25. The Hall–Kier alpha value is -3.19. The number of hydrogen-bond donors (Lipinski definition) is 1. The fourth-order valence-electron chi connectivity index (χ4n) is 1.21. The van der Waals surface area contributed by atoms with E-state index in [1.54, 1.807) is 6.07 Å². The molecule has 0 radical (unpaired) electrons. The normalized spacial score (nSPS) is 11.7. The fourth-order valence-corrected chi connectivity index (χ4v) is 1.21. The minimum atomic E-state index is -0.888. The molecule has 4 heteroatoms. The van der Waals surface area contributed by atoms with Gasteiger partial charge in [0.05, 0.1) is 6.07 Å². The Balaban J connectivity index is 5.15. The molecule has 0 heterocycles. The molecule has 0 aromatic heterocycles. The third kappa shape index (κ3) is 6.87. The van der Waals surface area contributed by atoms with Gasteiger partial charge in [-0.1, -0.05) is 45.5 Å². The molecule has 0 amide bonds. The molecule has 0 aromatic carbocycles. The van der Waals surface area contributed by atoms with Crippen LogP contribution in [-0.4, -0.2) is 5.11 Å². The zero-order valence-electron chi connectivity index (χ0n) is 12.7. The first-order valence-corrected chi connectivity index (χ1v) is 6.26. The van der Waals surface area contributed by atoms with Gasteiger partial charge in [0.15, 0.2) is 0 Å². The lowest BCUT2D eigenvalue weighted by atomic mass is 10.0. The van der Waals surface area contributed by atoms with Gasteiger partial charge in [0.2, 0.25) is 0 Å². The molecule has 2 nitrogen and oxygen atoms in total. The van der Waals surface area contributed by atoms with Crippen molar-refractivity contribution >= 4 is 0 Å². The van der Waals surface area contributed by atoms with E-state index in [0.717, 1.165) is 12.2 Å². The van der Waals surface area contributed by atoms with E-state index < -0.39 is 17.4 Å². The van der Waals surface area contributed by atoms with Crippen LogP contribution in [0.5, 0.6) is 0 Å². The zero-order chi connectivity index (χ0) is 18.2. The van der Waals surface area contributed by atoms with Gasteiger partial charge in [-0.05, 0) is 23.3 Å². The predicted octanol–water partition coefficient (Wildman–Crippen LogP) is 5.63. The van der Waals surface area contributed by atoms with E-state index in [9.17, 15) is 8.78 Å². The first-order chi connectivity index (χ1) is 10.6. The van der Waals surface area contributed by atoms with Crippen LogP contribution in [0.25, 0.3) is 0 Å². The monoisotopic (exact) mass is 313 g/mol. The molecule has 0 aromatic rings. The molecule has 0 saturated heterocycles. The van der Waals surface area contributed by atoms with Gasteiger partial charge in [0.1, 0.15) is 17.4 Å². The average molecular weight is 313 g/mol. The number of allylic oxidation sites excluding steroid dienone is 11. The molecule has 0 fully saturated rings. The van der Waals surface area contributed by atoms with Crippen LogP contribution in [0.15, 0.2) is 109 Å². The highest BCUT2D eigenvalue weighted by molar-refractivity contribution is 5.54. The van der Waals surface area contributed by atoms with Gasteiger partial charge in [-0.25, -0.2) is 8.78 Å². The summed E-state index contributed by atoms with van der Waals surface area (Å²) in [6, 6.07) is 1.80. The topological polar surface area (TPSA) is 44.0 Å². The summed E-state index contributed by atoms with van der Waals surface area (Å²) >= 11 is 0. The van der Waals surface area contributed by atoms with Crippen molar-refractivity contribution in [2.75, 3.05) is 0 Å². The Morgan fingerprint density at radius 1 is 0.826 bits per heavy atom. The number of halogens is 2. The largest absolute Gasteiger partial charge is 0.508 e. The van der Waals surface area contributed by atoms with E-state index in [0.29, 0.717) is 0 Å². The Morgan fingerprint density at radius 2 is 1.30 bits per heavy atom. The minimum Gasteiger partial charge on any atom is -0.508 e. The molecule has 0 atom stereocenters.